The highest BCUT2D eigenvalue weighted by atomic mass is 35.5. The predicted molar refractivity (Wildman–Crippen MR) is 102 cm³/mol. The number of amides is 1. The maximum Gasteiger partial charge on any atom is 0.251 e. The highest BCUT2D eigenvalue weighted by Crippen LogP contribution is 2.11. The van der Waals surface area contributed by atoms with Crippen LogP contribution in [0, 0.1) is 0 Å². The molecule has 2 heterocycles. The zero-order valence-corrected chi connectivity index (χ0v) is 16.5. The molecule has 0 spiro atoms. The maximum atomic E-state index is 12.3. The van der Waals surface area contributed by atoms with E-state index in [0.717, 1.165) is 19.5 Å². The van der Waals surface area contributed by atoms with Crippen molar-refractivity contribution in [3.63, 3.8) is 0 Å². The lowest BCUT2D eigenvalue weighted by Gasteiger charge is -2.12. The first-order valence-corrected chi connectivity index (χ1v) is 9.88. The Morgan fingerprint density at radius 1 is 1.33 bits per heavy atom. The van der Waals surface area contributed by atoms with E-state index in [2.05, 4.69) is 25.6 Å². The first kappa shape index (κ1) is 21.3. The molecule has 0 radical (unpaired) electrons. The number of aromatic nitrogens is 3. The van der Waals surface area contributed by atoms with Crippen molar-refractivity contribution >= 4 is 28.3 Å². The lowest BCUT2D eigenvalue weighted by Crippen LogP contribution is -2.36. The van der Waals surface area contributed by atoms with E-state index in [1.807, 2.05) is 0 Å². The van der Waals surface area contributed by atoms with Gasteiger partial charge in [-0.05, 0) is 37.2 Å². The summed E-state index contributed by atoms with van der Waals surface area (Å²) >= 11 is 0. The third-order valence-electron chi connectivity index (χ3n) is 4.27. The van der Waals surface area contributed by atoms with Crippen LogP contribution >= 0.6 is 12.4 Å². The van der Waals surface area contributed by atoms with Crippen molar-refractivity contribution in [2.45, 2.75) is 23.8 Å². The van der Waals surface area contributed by atoms with E-state index in [9.17, 15) is 13.2 Å². The average Bonchev–Trinajstić information content (AvgIpc) is 3.27. The number of hydrogen-bond acceptors (Lipinski definition) is 6. The van der Waals surface area contributed by atoms with Crippen molar-refractivity contribution in [3.05, 3.63) is 42.0 Å². The summed E-state index contributed by atoms with van der Waals surface area (Å²) in [5, 5.41) is 13.8. The monoisotopic (exact) mass is 414 g/mol. The molecule has 1 atom stereocenters. The van der Waals surface area contributed by atoms with Gasteiger partial charge < -0.3 is 15.2 Å². The third-order valence-corrected chi connectivity index (χ3v) is 5.75. The highest BCUT2D eigenvalue weighted by Gasteiger charge is 2.19. The number of aryl methyl sites for hydroxylation is 1. The molecule has 1 aromatic heterocycles. The maximum absolute atomic E-state index is 12.3. The fraction of sp³-hybridized carbons (Fsp3) is 0.438. The molecule has 1 aliphatic heterocycles. The van der Waals surface area contributed by atoms with Crippen LogP contribution in [0.5, 0.6) is 0 Å². The largest absolute Gasteiger partial charge is 0.348 e. The summed E-state index contributed by atoms with van der Waals surface area (Å²) in [5.41, 5.74) is 0.440. The molecule has 2 aromatic rings. The summed E-state index contributed by atoms with van der Waals surface area (Å²) in [6.45, 7) is 1.86. The Labute approximate surface area is 164 Å². The molecule has 11 heteroatoms. The molecular weight excluding hydrogens is 392 g/mol. The van der Waals surface area contributed by atoms with Crippen molar-refractivity contribution in [1.82, 2.24) is 30.1 Å². The number of sulfonamides is 1. The van der Waals surface area contributed by atoms with Gasteiger partial charge in [-0.1, -0.05) is 0 Å². The number of halogens is 1. The molecule has 9 nitrogen and oxygen atoms in total. The molecule has 1 fully saturated rings. The second-order valence-corrected chi connectivity index (χ2v) is 7.96. The molecule has 27 heavy (non-hydrogen) atoms. The minimum Gasteiger partial charge on any atom is -0.348 e. The molecule has 1 saturated heterocycles. The molecule has 0 bridgehead atoms. The first-order chi connectivity index (χ1) is 12.5. The Bertz CT molecular complexity index is 863. The van der Waals surface area contributed by atoms with Gasteiger partial charge in [-0.15, -0.1) is 22.6 Å². The fourth-order valence-electron chi connectivity index (χ4n) is 2.75. The van der Waals surface area contributed by atoms with Crippen LogP contribution in [0.3, 0.4) is 0 Å². The standard InChI is InChI=1S/C16H22N6O3S.ClH/c1-22-11-18-21-15(22)7-9-19-26(24,25)14-4-2-12(3-5-14)16(23)20-13-6-8-17-10-13;/h2-5,11,13,17,19H,6-10H2,1H3,(H,20,23);1H. The highest BCUT2D eigenvalue weighted by molar-refractivity contribution is 7.89. The van der Waals surface area contributed by atoms with Crippen molar-refractivity contribution < 1.29 is 13.2 Å². The fourth-order valence-corrected chi connectivity index (χ4v) is 3.78. The van der Waals surface area contributed by atoms with Crippen molar-refractivity contribution in [2.75, 3.05) is 19.6 Å². The second-order valence-electron chi connectivity index (χ2n) is 6.19. The average molecular weight is 415 g/mol. The van der Waals surface area contributed by atoms with Crippen LogP contribution in [0.4, 0.5) is 0 Å². The van der Waals surface area contributed by atoms with Gasteiger partial charge in [0.25, 0.3) is 5.91 Å². The third kappa shape index (κ3) is 5.48. The number of hydrogen-bond donors (Lipinski definition) is 3. The number of benzene rings is 1. The molecule has 3 rings (SSSR count). The number of rotatable bonds is 7. The molecule has 0 aliphatic carbocycles. The Morgan fingerprint density at radius 2 is 2.07 bits per heavy atom. The normalized spacial score (nSPS) is 16.7. The Kier molecular flexibility index (Phi) is 7.31. The second kappa shape index (κ2) is 9.27. The summed E-state index contributed by atoms with van der Waals surface area (Å²) in [4.78, 5) is 12.3. The molecule has 1 amide bonds. The van der Waals surface area contributed by atoms with Gasteiger partial charge in [0.15, 0.2) is 0 Å². The van der Waals surface area contributed by atoms with Gasteiger partial charge in [0, 0.05) is 38.2 Å². The van der Waals surface area contributed by atoms with Crippen LogP contribution in [0.15, 0.2) is 35.5 Å². The van der Waals surface area contributed by atoms with Gasteiger partial charge in [-0.25, -0.2) is 13.1 Å². The van der Waals surface area contributed by atoms with E-state index in [1.165, 1.54) is 24.3 Å². The quantitative estimate of drug-likeness (QED) is 0.580. The number of nitrogens with zero attached hydrogens (tertiary/aromatic N) is 3. The molecule has 1 aromatic carbocycles. The number of nitrogens with one attached hydrogen (secondary N) is 3. The Balaban J connectivity index is 0.00000261. The lowest BCUT2D eigenvalue weighted by molar-refractivity contribution is 0.0940. The summed E-state index contributed by atoms with van der Waals surface area (Å²) in [6, 6.07) is 6.04. The van der Waals surface area contributed by atoms with E-state index in [1.54, 1.807) is 17.9 Å². The van der Waals surface area contributed by atoms with Crippen molar-refractivity contribution in [3.8, 4) is 0 Å². The Hall–Kier alpha value is -2.01. The molecule has 0 saturated carbocycles. The molecule has 3 N–H and O–H groups in total. The summed E-state index contributed by atoms with van der Waals surface area (Å²) in [5.74, 6) is 0.499. The van der Waals surface area contributed by atoms with E-state index in [-0.39, 0.29) is 35.8 Å². The van der Waals surface area contributed by atoms with Gasteiger partial charge in [0.1, 0.15) is 12.2 Å². The lowest BCUT2D eigenvalue weighted by atomic mass is 10.2. The van der Waals surface area contributed by atoms with Gasteiger partial charge in [0.05, 0.1) is 4.90 Å². The van der Waals surface area contributed by atoms with E-state index in [4.69, 9.17) is 0 Å². The molecule has 1 unspecified atom stereocenters. The van der Waals surface area contributed by atoms with E-state index >= 15 is 0 Å². The van der Waals surface area contributed by atoms with Crippen LogP contribution in [-0.4, -0.2) is 54.8 Å². The SMILES string of the molecule is Cl.Cn1cnnc1CCNS(=O)(=O)c1ccc(C(=O)NC2CCNC2)cc1. The minimum atomic E-state index is -3.64. The van der Waals surface area contributed by atoms with Crippen LogP contribution in [0.1, 0.15) is 22.6 Å². The molecular formula is C16H23ClN6O3S. The first-order valence-electron chi connectivity index (χ1n) is 8.40. The number of carbonyl (C=O) groups is 1. The minimum absolute atomic E-state index is 0. The summed E-state index contributed by atoms with van der Waals surface area (Å²) < 4.78 is 29.0. The molecule has 148 valence electrons. The molecule has 1 aliphatic rings. The van der Waals surface area contributed by atoms with Crippen LogP contribution in [0.25, 0.3) is 0 Å². The van der Waals surface area contributed by atoms with Crippen molar-refractivity contribution in [1.29, 1.82) is 0 Å². The van der Waals surface area contributed by atoms with Crippen LogP contribution in [0.2, 0.25) is 0 Å². The zero-order chi connectivity index (χ0) is 18.6. The van der Waals surface area contributed by atoms with Crippen LogP contribution in [-0.2, 0) is 23.5 Å². The van der Waals surface area contributed by atoms with Gasteiger partial charge in [-0.3, -0.25) is 4.79 Å². The van der Waals surface area contributed by atoms with Crippen molar-refractivity contribution in [2.24, 2.45) is 7.05 Å². The Morgan fingerprint density at radius 3 is 2.67 bits per heavy atom. The zero-order valence-electron chi connectivity index (χ0n) is 14.9. The summed E-state index contributed by atoms with van der Waals surface area (Å²) in [6.07, 6.45) is 2.90. The van der Waals surface area contributed by atoms with E-state index in [0.29, 0.717) is 17.8 Å². The van der Waals surface area contributed by atoms with Gasteiger partial charge >= 0.3 is 0 Å². The van der Waals surface area contributed by atoms with Gasteiger partial charge in [-0.2, -0.15) is 0 Å². The topological polar surface area (TPSA) is 118 Å². The van der Waals surface area contributed by atoms with E-state index < -0.39 is 10.0 Å². The predicted octanol–water partition coefficient (Wildman–Crippen LogP) is -0.150. The van der Waals surface area contributed by atoms with Gasteiger partial charge in [0.2, 0.25) is 10.0 Å². The number of carbonyl (C=O) groups excluding carboxylic acids is 1. The summed E-state index contributed by atoms with van der Waals surface area (Å²) in [7, 11) is -1.84. The van der Waals surface area contributed by atoms with Crippen LogP contribution < -0.4 is 15.4 Å². The smallest absolute Gasteiger partial charge is 0.251 e.